The van der Waals surface area contributed by atoms with E-state index >= 15 is 0 Å². The summed E-state index contributed by atoms with van der Waals surface area (Å²) in [5.41, 5.74) is 0. The van der Waals surface area contributed by atoms with Gasteiger partial charge >= 0.3 is 12.0 Å². The maximum Gasteiger partial charge on any atom is 0.314 e. The summed E-state index contributed by atoms with van der Waals surface area (Å²) < 4.78 is 0. The van der Waals surface area contributed by atoms with Gasteiger partial charge in [0.1, 0.15) is 0 Å². The van der Waals surface area contributed by atoms with E-state index in [4.69, 9.17) is 5.11 Å². The van der Waals surface area contributed by atoms with Gasteiger partial charge in [0.25, 0.3) is 0 Å². The van der Waals surface area contributed by atoms with Crippen molar-refractivity contribution in [1.82, 2.24) is 15.5 Å². The Labute approximate surface area is 125 Å². The zero-order valence-electron chi connectivity index (χ0n) is 12.4. The molecule has 120 valence electrons. The molecule has 3 amide bonds. The summed E-state index contributed by atoms with van der Waals surface area (Å²) in [5.74, 6) is -0.690. The van der Waals surface area contributed by atoms with Crippen LogP contribution in [0.15, 0.2) is 0 Å². The quantitative estimate of drug-likeness (QED) is 0.552. The van der Waals surface area contributed by atoms with Crippen molar-refractivity contribution in [3.63, 3.8) is 0 Å². The number of carbonyl (C=O) groups excluding carboxylic acids is 2. The molecule has 1 saturated heterocycles. The van der Waals surface area contributed by atoms with Gasteiger partial charge in [-0.05, 0) is 25.7 Å². The van der Waals surface area contributed by atoms with Gasteiger partial charge in [0, 0.05) is 39.0 Å². The third-order valence-corrected chi connectivity index (χ3v) is 3.44. The highest BCUT2D eigenvalue weighted by atomic mass is 16.4. The van der Waals surface area contributed by atoms with Gasteiger partial charge in [0.15, 0.2) is 0 Å². The lowest BCUT2D eigenvalue weighted by molar-refractivity contribution is -0.137. The third kappa shape index (κ3) is 8.16. The molecule has 0 aromatic carbocycles. The van der Waals surface area contributed by atoms with Crippen LogP contribution in [-0.2, 0) is 9.59 Å². The van der Waals surface area contributed by atoms with E-state index in [2.05, 4.69) is 10.6 Å². The minimum Gasteiger partial charge on any atom is -0.481 e. The molecule has 1 heterocycles. The molecule has 1 rings (SSSR count). The number of hydrogen-bond donors (Lipinski definition) is 3. The first-order valence-corrected chi connectivity index (χ1v) is 7.61. The summed E-state index contributed by atoms with van der Waals surface area (Å²) in [4.78, 5) is 35.3. The van der Waals surface area contributed by atoms with Crippen LogP contribution < -0.4 is 10.6 Å². The van der Waals surface area contributed by atoms with Crippen molar-refractivity contribution >= 4 is 17.9 Å². The number of likely N-dealkylation sites (tertiary alicyclic amines) is 1. The minimum atomic E-state index is -0.789. The Balaban J connectivity index is 1.93. The van der Waals surface area contributed by atoms with E-state index in [1.807, 2.05) is 4.90 Å². The van der Waals surface area contributed by atoms with Crippen LogP contribution in [0.25, 0.3) is 0 Å². The minimum absolute atomic E-state index is 0.0986. The fourth-order valence-electron chi connectivity index (χ4n) is 2.25. The van der Waals surface area contributed by atoms with E-state index in [9.17, 15) is 14.4 Å². The van der Waals surface area contributed by atoms with Crippen molar-refractivity contribution < 1.29 is 19.5 Å². The number of rotatable bonds is 9. The topological polar surface area (TPSA) is 98.7 Å². The first-order chi connectivity index (χ1) is 10.1. The van der Waals surface area contributed by atoms with E-state index in [1.54, 1.807) is 0 Å². The molecule has 0 spiro atoms. The number of unbranched alkanes of at least 4 members (excludes halogenated alkanes) is 2. The molecule has 0 aromatic heterocycles. The fraction of sp³-hybridized carbons (Fsp3) is 0.786. The molecular weight excluding hydrogens is 274 g/mol. The molecule has 0 radical (unpaired) electrons. The molecule has 0 atom stereocenters. The highest BCUT2D eigenvalue weighted by Gasteiger charge is 2.17. The summed E-state index contributed by atoms with van der Waals surface area (Å²) in [5, 5.41) is 13.8. The van der Waals surface area contributed by atoms with E-state index < -0.39 is 5.97 Å². The lowest BCUT2D eigenvalue weighted by Gasteiger charge is -2.15. The number of aliphatic carboxylic acids is 1. The Morgan fingerprint density at radius 1 is 0.905 bits per heavy atom. The summed E-state index contributed by atoms with van der Waals surface area (Å²) >= 11 is 0. The molecule has 1 aliphatic rings. The van der Waals surface area contributed by atoms with Crippen molar-refractivity contribution in [3.05, 3.63) is 0 Å². The lowest BCUT2D eigenvalue weighted by atomic mass is 10.2. The van der Waals surface area contributed by atoms with Crippen LogP contribution in [0.3, 0.4) is 0 Å². The second kappa shape index (κ2) is 10.0. The van der Waals surface area contributed by atoms with Crippen LogP contribution in [0.4, 0.5) is 4.79 Å². The molecular formula is C14H25N3O4. The van der Waals surface area contributed by atoms with Gasteiger partial charge < -0.3 is 20.6 Å². The molecule has 1 fully saturated rings. The van der Waals surface area contributed by atoms with Crippen LogP contribution in [0.2, 0.25) is 0 Å². The molecule has 0 unspecified atom stereocenters. The summed E-state index contributed by atoms with van der Waals surface area (Å²) in [7, 11) is 0. The molecule has 21 heavy (non-hydrogen) atoms. The number of nitrogens with zero attached hydrogens (tertiary/aromatic N) is 1. The Morgan fingerprint density at radius 2 is 1.57 bits per heavy atom. The standard InChI is InChI=1S/C14H25N3O4/c18-12(17-10-4-5-11-17)7-9-16-14(21)15-8-3-1-2-6-13(19)20/h1-11H2,(H,19,20)(H2,15,16,21). The van der Waals surface area contributed by atoms with Gasteiger partial charge in [0.05, 0.1) is 0 Å². The maximum atomic E-state index is 11.7. The van der Waals surface area contributed by atoms with Gasteiger partial charge in [-0.3, -0.25) is 9.59 Å². The average molecular weight is 299 g/mol. The SMILES string of the molecule is O=C(O)CCCCCNC(=O)NCCC(=O)N1CCCC1. The van der Waals surface area contributed by atoms with Crippen molar-refractivity contribution in [2.45, 2.75) is 44.9 Å². The predicted molar refractivity (Wildman–Crippen MR) is 77.9 cm³/mol. The predicted octanol–water partition coefficient (Wildman–Crippen LogP) is 0.943. The number of carboxylic acids is 1. The second-order valence-corrected chi connectivity index (χ2v) is 5.22. The number of carbonyl (C=O) groups is 3. The van der Waals surface area contributed by atoms with Gasteiger partial charge in [-0.15, -0.1) is 0 Å². The van der Waals surface area contributed by atoms with Crippen LogP contribution in [0.5, 0.6) is 0 Å². The zero-order valence-corrected chi connectivity index (χ0v) is 12.4. The summed E-state index contributed by atoms with van der Waals surface area (Å²) in [6.07, 6.45) is 4.82. The van der Waals surface area contributed by atoms with Crippen molar-refractivity contribution in [3.8, 4) is 0 Å². The van der Waals surface area contributed by atoms with Gasteiger partial charge in [-0.25, -0.2) is 4.79 Å². The Bertz CT molecular complexity index is 354. The number of carboxylic acid groups (broad SMARTS) is 1. The highest BCUT2D eigenvalue weighted by molar-refractivity contribution is 5.78. The normalized spacial score (nSPS) is 14.0. The second-order valence-electron chi connectivity index (χ2n) is 5.22. The van der Waals surface area contributed by atoms with Crippen molar-refractivity contribution in [2.75, 3.05) is 26.2 Å². The van der Waals surface area contributed by atoms with E-state index in [-0.39, 0.29) is 18.4 Å². The smallest absolute Gasteiger partial charge is 0.314 e. The van der Waals surface area contributed by atoms with Crippen LogP contribution >= 0.6 is 0 Å². The Morgan fingerprint density at radius 3 is 2.24 bits per heavy atom. The van der Waals surface area contributed by atoms with Gasteiger partial charge in [-0.1, -0.05) is 6.42 Å². The number of nitrogens with one attached hydrogen (secondary N) is 2. The van der Waals surface area contributed by atoms with E-state index in [0.717, 1.165) is 38.8 Å². The Kier molecular flexibility index (Phi) is 8.23. The summed E-state index contributed by atoms with van der Waals surface area (Å²) in [6, 6.07) is -0.276. The van der Waals surface area contributed by atoms with Crippen molar-refractivity contribution in [2.24, 2.45) is 0 Å². The van der Waals surface area contributed by atoms with E-state index in [1.165, 1.54) is 0 Å². The first-order valence-electron chi connectivity index (χ1n) is 7.61. The molecule has 7 nitrogen and oxygen atoms in total. The third-order valence-electron chi connectivity index (χ3n) is 3.44. The molecule has 0 saturated carbocycles. The molecule has 7 heteroatoms. The Hall–Kier alpha value is -1.79. The van der Waals surface area contributed by atoms with Gasteiger partial charge in [0.2, 0.25) is 5.91 Å². The number of hydrogen-bond acceptors (Lipinski definition) is 3. The fourth-order valence-corrected chi connectivity index (χ4v) is 2.25. The molecule has 0 aliphatic carbocycles. The van der Waals surface area contributed by atoms with Crippen molar-refractivity contribution in [1.29, 1.82) is 0 Å². The van der Waals surface area contributed by atoms with E-state index in [0.29, 0.717) is 25.9 Å². The maximum absolute atomic E-state index is 11.7. The van der Waals surface area contributed by atoms with Gasteiger partial charge in [-0.2, -0.15) is 0 Å². The number of urea groups is 1. The number of amides is 3. The highest BCUT2D eigenvalue weighted by Crippen LogP contribution is 2.08. The largest absolute Gasteiger partial charge is 0.481 e. The molecule has 0 aromatic rings. The lowest BCUT2D eigenvalue weighted by Crippen LogP contribution is -2.38. The van der Waals surface area contributed by atoms with Crippen LogP contribution in [-0.4, -0.2) is 54.1 Å². The first kappa shape index (κ1) is 17.3. The molecule has 0 bridgehead atoms. The molecule has 3 N–H and O–H groups in total. The van der Waals surface area contributed by atoms with Crippen LogP contribution in [0.1, 0.15) is 44.9 Å². The molecule has 1 aliphatic heterocycles. The van der Waals surface area contributed by atoms with Crippen LogP contribution in [0, 0.1) is 0 Å². The average Bonchev–Trinajstić information content (AvgIpc) is 2.96. The zero-order chi connectivity index (χ0) is 15.5. The summed E-state index contributed by atoms with van der Waals surface area (Å²) in [6.45, 7) is 2.54. The monoisotopic (exact) mass is 299 g/mol.